The zero-order valence-corrected chi connectivity index (χ0v) is 14.9. The first-order valence-electron chi connectivity index (χ1n) is 8.99. The summed E-state index contributed by atoms with van der Waals surface area (Å²) in [4.78, 5) is 14.6. The van der Waals surface area contributed by atoms with Gasteiger partial charge in [-0.3, -0.25) is 4.79 Å². The Hall–Kier alpha value is -1.47. The molecule has 3 aliphatic rings. The summed E-state index contributed by atoms with van der Waals surface area (Å²) >= 11 is 0. The van der Waals surface area contributed by atoms with E-state index in [-0.39, 0.29) is 29.8 Å². The smallest absolute Gasteiger partial charge is 0.243 e. The number of sulfonamides is 1. The molecule has 5 nitrogen and oxygen atoms in total. The summed E-state index contributed by atoms with van der Waals surface area (Å²) in [5.74, 6) is 1.03. The van der Waals surface area contributed by atoms with E-state index in [0.717, 1.165) is 18.9 Å². The number of rotatable bonds is 3. The van der Waals surface area contributed by atoms with Crippen LogP contribution in [0, 0.1) is 23.6 Å². The number of halogens is 1. The molecule has 7 heteroatoms. The highest BCUT2D eigenvalue weighted by atomic mass is 32.2. The third kappa shape index (κ3) is 3.08. The van der Waals surface area contributed by atoms with Crippen LogP contribution in [0.25, 0.3) is 0 Å². The van der Waals surface area contributed by atoms with Crippen molar-refractivity contribution < 1.29 is 17.6 Å². The number of carbonyl (C=O) groups excluding carboxylic acids is 1. The van der Waals surface area contributed by atoms with E-state index in [4.69, 9.17) is 0 Å². The van der Waals surface area contributed by atoms with Gasteiger partial charge in [0.1, 0.15) is 5.82 Å². The third-order valence-corrected chi connectivity index (χ3v) is 7.93. The number of nitrogens with zero attached hydrogens (tertiary/aromatic N) is 2. The van der Waals surface area contributed by atoms with Crippen molar-refractivity contribution in [1.29, 1.82) is 0 Å². The molecule has 0 spiro atoms. The monoisotopic (exact) mass is 366 g/mol. The van der Waals surface area contributed by atoms with E-state index in [9.17, 15) is 17.6 Å². The second-order valence-electron chi connectivity index (χ2n) is 7.47. The molecule has 2 saturated carbocycles. The second-order valence-corrected chi connectivity index (χ2v) is 9.41. The summed E-state index contributed by atoms with van der Waals surface area (Å²) in [7, 11) is -3.71. The molecule has 3 atom stereocenters. The van der Waals surface area contributed by atoms with Gasteiger partial charge in [0.25, 0.3) is 0 Å². The van der Waals surface area contributed by atoms with Gasteiger partial charge in [0, 0.05) is 32.1 Å². The zero-order valence-electron chi connectivity index (χ0n) is 14.1. The molecule has 1 amide bonds. The molecule has 136 valence electrons. The first-order valence-corrected chi connectivity index (χ1v) is 10.4. The fourth-order valence-electron chi connectivity index (χ4n) is 4.71. The maximum atomic E-state index is 13.3. The summed E-state index contributed by atoms with van der Waals surface area (Å²) in [6, 6.07) is 5.08. The van der Waals surface area contributed by atoms with E-state index in [1.807, 2.05) is 4.90 Å². The molecule has 1 aromatic rings. The summed E-state index contributed by atoms with van der Waals surface area (Å²) < 4.78 is 40.0. The van der Waals surface area contributed by atoms with Crippen molar-refractivity contribution in [3.63, 3.8) is 0 Å². The highest BCUT2D eigenvalue weighted by Crippen LogP contribution is 2.48. The summed E-state index contributed by atoms with van der Waals surface area (Å²) in [6.45, 7) is 1.37. The summed E-state index contributed by atoms with van der Waals surface area (Å²) in [5.41, 5.74) is 0. The van der Waals surface area contributed by atoms with Crippen LogP contribution in [0.5, 0.6) is 0 Å². The number of hydrogen-bond donors (Lipinski definition) is 0. The largest absolute Gasteiger partial charge is 0.340 e. The highest BCUT2D eigenvalue weighted by Gasteiger charge is 2.45. The Labute approximate surface area is 147 Å². The fourth-order valence-corrected chi connectivity index (χ4v) is 6.16. The van der Waals surface area contributed by atoms with E-state index in [1.54, 1.807) is 0 Å². The summed E-state index contributed by atoms with van der Waals surface area (Å²) in [5, 5.41) is 0. The Morgan fingerprint density at radius 1 is 1.08 bits per heavy atom. The average molecular weight is 366 g/mol. The molecule has 0 aromatic heterocycles. The van der Waals surface area contributed by atoms with Crippen LogP contribution in [0.4, 0.5) is 4.39 Å². The molecule has 0 radical (unpaired) electrons. The van der Waals surface area contributed by atoms with E-state index >= 15 is 0 Å². The topological polar surface area (TPSA) is 57.7 Å². The molecule has 3 unspecified atom stereocenters. The predicted molar refractivity (Wildman–Crippen MR) is 90.7 cm³/mol. The molecular formula is C18H23FN2O3S. The van der Waals surface area contributed by atoms with Gasteiger partial charge in [-0.1, -0.05) is 12.5 Å². The lowest BCUT2D eigenvalue weighted by molar-refractivity contribution is -0.138. The fraction of sp³-hybridized carbons (Fsp3) is 0.611. The molecule has 0 N–H and O–H groups in total. The van der Waals surface area contributed by atoms with Crippen LogP contribution in [0.1, 0.15) is 25.7 Å². The van der Waals surface area contributed by atoms with Gasteiger partial charge < -0.3 is 4.90 Å². The van der Waals surface area contributed by atoms with Gasteiger partial charge in [-0.05, 0) is 49.3 Å². The zero-order chi connectivity index (χ0) is 17.6. The minimum atomic E-state index is -3.71. The number of piperazine rings is 1. The van der Waals surface area contributed by atoms with Gasteiger partial charge in [0.15, 0.2) is 0 Å². The molecule has 1 heterocycles. The molecule has 2 aliphatic carbocycles. The Morgan fingerprint density at radius 2 is 1.84 bits per heavy atom. The lowest BCUT2D eigenvalue weighted by Gasteiger charge is -2.36. The van der Waals surface area contributed by atoms with Crippen LogP contribution in [0.2, 0.25) is 0 Å². The van der Waals surface area contributed by atoms with Crippen LogP contribution < -0.4 is 0 Å². The normalized spacial score (nSPS) is 30.0. The van der Waals surface area contributed by atoms with Gasteiger partial charge in [-0.25, -0.2) is 12.8 Å². The van der Waals surface area contributed by atoms with Crippen LogP contribution in [0.3, 0.4) is 0 Å². The molecule has 4 rings (SSSR count). The molecule has 1 aromatic carbocycles. The van der Waals surface area contributed by atoms with Gasteiger partial charge in [-0.15, -0.1) is 0 Å². The van der Waals surface area contributed by atoms with E-state index in [2.05, 4.69) is 0 Å². The standard InChI is InChI=1S/C18H23FN2O3S/c19-15-2-1-3-16(12-15)25(23,24)21-8-6-20(7-9-21)18(22)17-11-13-4-5-14(17)10-13/h1-3,12-14,17H,4-11H2. The molecule has 3 fully saturated rings. The quantitative estimate of drug-likeness (QED) is 0.823. The van der Waals surface area contributed by atoms with Crippen molar-refractivity contribution in [2.75, 3.05) is 26.2 Å². The molecule has 25 heavy (non-hydrogen) atoms. The first kappa shape index (κ1) is 17.0. The lowest BCUT2D eigenvalue weighted by Crippen LogP contribution is -2.52. The Bertz CT molecular complexity index is 774. The molecule has 1 aliphatic heterocycles. The van der Waals surface area contributed by atoms with E-state index < -0.39 is 15.8 Å². The molecular weight excluding hydrogens is 343 g/mol. The number of carbonyl (C=O) groups is 1. The van der Waals surface area contributed by atoms with Crippen LogP contribution >= 0.6 is 0 Å². The van der Waals surface area contributed by atoms with Crippen molar-refractivity contribution in [1.82, 2.24) is 9.21 Å². The Morgan fingerprint density at radius 3 is 2.44 bits per heavy atom. The van der Waals surface area contributed by atoms with Crippen molar-refractivity contribution in [2.45, 2.75) is 30.6 Å². The Balaban J connectivity index is 1.40. The minimum absolute atomic E-state index is 0.0274. The van der Waals surface area contributed by atoms with Crippen molar-refractivity contribution >= 4 is 15.9 Å². The maximum Gasteiger partial charge on any atom is 0.243 e. The average Bonchev–Trinajstić information content (AvgIpc) is 3.24. The lowest BCUT2D eigenvalue weighted by atomic mass is 9.87. The maximum absolute atomic E-state index is 13.3. The van der Waals surface area contributed by atoms with Crippen LogP contribution in [-0.2, 0) is 14.8 Å². The van der Waals surface area contributed by atoms with E-state index in [0.29, 0.717) is 24.9 Å². The van der Waals surface area contributed by atoms with Crippen LogP contribution in [0.15, 0.2) is 29.2 Å². The van der Waals surface area contributed by atoms with Gasteiger partial charge in [0.05, 0.1) is 4.90 Å². The summed E-state index contributed by atoms with van der Waals surface area (Å²) in [6.07, 6.45) is 4.61. The Kier molecular flexibility index (Phi) is 4.32. The second kappa shape index (κ2) is 6.36. The number of benzene rings is 1. The van der Waals surface area contributed by atoms with E-state index in [1.165, 1.54) is 35.3 Å². The minimum Gasteiger partial charge on any atom is -0.340 e. The first-order chi connectivity index (χ1) is 11.9. The number of fused-ring (bicyclic) bond motifs is 2. The third-order valence-electron chi connectivity index (χ3n) is 6.04. The number of hydrogen-bond acceptors (Lipinski definition) is 3. The van der Waals surface area contributed by atoms with Gasteiger partial charge in [-0.2, -0.15) is 4.31 Å². The van der Waals surface area contributed by atoms with Crippen LogP contribution in [-0.4, -0.2) is 49.7 Å². The van der Waals surface area contributed by atoms with Crippen molar-refractivity contribution in [2.24, 2.45) is 17.8 Å². The highest BCUT2D eigenvalue weighted by molar-refractivity contribution is 7.89. The van der Waals surface area contributed by atoms with Gasteiger partial charge >= 0.3 is 0 Å². The van der Waals surface area contributed by atoms with Gasteiger partial charge in [0.2, 0.25) is 15.9 Å². The number of amides is 1. The molecule has 2 bridgehead atoms. The SMILES string of the molecule is O=C(C1CC2CCC1C2)N1CCN(S(=O)(=O)c2cccc(F)c2)CC1. The van der Waals surface area contributed by atoms with Crippen molar-refractivity contribution in [3.05, 3.63) is 30.1 Å². The van der Waals surface area contributed by atoms with Crippen molar-refractivity contribution in [3.8, 4) is 0 Å². The molecule has 1 saturated heterocycles. The predicted octanol–water partition coefficient (Wildman–Crippen LogP) is 2.09.